The highest BCUT2D eigenvalue weighted by atomic mass is 15.3. The van der Waals surface area contributed by atoms with Crippen molar-refractivity contribution in [3.05, 3.63) is 59.9 Å². The van der Waals surface area contributed by atoms with Gasteiger partial charge in [0.1, 0.15) is 0 Å². The van der Waals surface area contributed by atoms with Crippen molar-refractivity contribution >= 4 is 5.70 Å². The first-order valence-corrected chi connectivity index (χ1v) is 7.36. The number of hydrogen-bond acceptors (Lipinski definition) is 2. The van der Waals surface area contributed by atoms with Gasteiger partial charge in [-0.3, -0.25) is 4.68 Å². The SMILES string of the molecule is CCC1CC=C(c2cnn(Cc3ccccc3)c2)NC1. The fourth-order valence-corrected chi connectivity index (χ4v) is 2.58. The average molecular weight is 267 g/mol. The molecule has 0 spiro atoms. The van der Waals surface area contributed by atoms with Crippen LogP contribution >= 0.6 is 0 Å². The molecule has 0 saturated heterocycles. The van der Waals surface area contributed by atoms with Gasteiger partial charge in [0.25, 0.3) is 0 Å². The number of benzene rings is 1. The largest absolute Gasteiger partial charge is 0.384 e. The van der Waals surface area contributed by atoms with E-state index in [1.54, 1.807) is 0 Å². The van der Waals surface area contributed by atoms with E-state index in [2.05, 4.69) is 53.9 Å². The monoisotopic (exact) mass is 267 g/mol. The van der Waals surface area contributed by atoms with Gasteiger partial charge in [-0.1, -0.05) is 49.8 Å². The quantitative estimate of drug-likeness (QED) is 0.921. The van der Waals surface area contributed by atoms with Gasteiger partial charge in [-0.2, -0.15) is 5.10 Å². The lowest BCUT2D eigenvalue weighted by atomic mass is 9.97. The smallest absolute Gasteiger partial charge is 0.0659 e. The number of allylic oxidation sites excluding steroid dienone is 1. The van der Waals surface area contributed by atoms with E-state index in [0.717, 1.165) is 19.0 Å². The van der Waals surface area contributed by atoms with Crippen LogP contribution in [0.3, 0.4) is 0 Å². The van der Waals surface area contributed by atoms with Gasteiger partial charge < -0.3 is 5.32 Å². The van der Waals surface area contributed by atoms with E-state index in [4.69, 9.17) is 0 Å². The lowest BCUT2D eigenvalue weighted by Crippen LogP contribution is -2.25. The Morgan fingerprint density at radius 3 is 2.85 bits per heavy atom. The topological polar surface area (TPSA) is 29.9 Å². The van der Waals surface area contributed by atoms with E-state index >= 15 is 0 Å². The zero-order valence-corrected chi connectivity index (χ0v) is 11.9. The van der Waals surface area contributed by atoms with Gasteiger partial charge in [0.2, 0.25) is 0 Å². The molecule has 2 aromatic rings. The maximum absolute atomic E-state index is 4.46. The highest BCUT2D eigenvalue weighted by molar-refractivity contribution is 5.63. The number of rotatable bonds is 4. The molecule has 1 aliphatic rings. The summed E-state index contributed by atoms with van der Waals surface area (Å²) in [6, 6.07) is 10.4. The molecule has 0 aliphatic carbocycles. The summed E-state index contributed by atoms with van der Waals surface area (Å²) >= 11 is 0. The molecule has 104 valence electrons. The summed E-state index contributed by atoms with van der Waals surface area (Å²) in [4.78, 5) is 0. The summed E-state index contributed by atoms with van der Waals surface area (Å²) in [5.41, 5.74) is 3.70. The number of nitrogens with one attached hydrogen (secondary N) is 1. The van der Waals surface area contributed by atoms with Crippen molar-refractivity contribution in [2.75, 3.05) is 6.54 Å². The first kappa shape index (κ1) is 13.0. The zero-order chi connectivity index (χ0) is 13.8. The van der Waals surface area contributed by atoms with Crippen molar-refractivity contribution in [1.82, 2.24) is 15.1 Å². The molecule has 1 unspecified atom stereocenters. The van der Waals surface area contributed by atoms with Crippen LogP contribution in [0.2, 0.25) is 0 Å². The number of aromatic nitrogens is 2. The van der Waals surface area contributed by atoms with Crippen LogP contribution in [0.1, 0.15) is 30.9 Å². The first-order valence-electron chi connectivity index (χ1n) is 7.36. The van der Waals surface area contributed by atoms with Crippen molar-refractivity contribution in [3.63, 3.8) is 0 Å². The van der Waals surface area contributed by atoms with Crippen molar-refractivity contribution < 1.29 is 0 Å². The van der Waals surface area contributed by atoms with Gasteiger partial charge in [0.05, 0.1) is 12.7 Å². The summed E-state index contributed by atoms with van der Waals surface area (Å²) in [6.07, 6.45) is 8.79. The number of nitrogens with zero attached hydrogens (tertiary/aromatic N) is 2. The maximum Gasteiger partial charge on any atom is 0.0659 e. The van der Waals surface area contributed by atoms with Crippen LogP contribution in [0.15, 0.2) is 48.8 Å². The zero-order valence-electron chi connectivity index (χ0n) is 11.9. The molecule has 3 rings (SSSR count). The van der Waals surface area contributed by atoms with Crippen LogP contribution in [0.5, 0.6) is 0 Å². The third kappa shape index (κ3) is 2.93. The summed E-state index contributed by atoms with van der Waals surface area (Å²) in [5, 5.41) is 7.98. The Morgan fingerprint density at radius 2 is 2.15 bits per heavy atom. The van der Waals surface area contributed by atoms with Gasteiger partial charge >= 0.3 is 0 Å². The molecule has 0 radical (unpaired) electrons. The minimum absolute atomic E-state index is 0.776. The molecule has 3 heteroatoms. The maximum atomic E-state index is 4.46. The lowest BCUT2D eigenvalue weighted by Gasteiger charge is -2.22. The third-order valence-corrected chi connectivity index (χ3v) is 3.95. The Morgan fingerprint density at radius 1 is 1.30 bits per heavy atom. The predicted molar refractivity (Wildman–Crippen MR) is 82.1 cm³/mol. The second-order valence-corrected chi connectivity index (χ2v) is 5.42. The number of hydrogen-bond donors (Lipinski definition) is 1. The standard InChI is InChI=1S/C17H21N3/c1-2-14-8-9-17(18-10-14)16-11-19-20(13-16)12-15-6-4-3-5-7-15/h3-7,9,11,13-14,18H,2,8,10,12H2,1H3. The molecule has 2 heterocycles. The molecule has 0 saturated carbocycles. The van der Waals surface area contributed by atoms with E-state index in [-0.39, 0.29) is 0 Å². The van der Waals surface area contributed by atoms with E-state index in [1.165, 1.54) is 29.7 Å². The van der Waals surface area contributed by atoms with Gasteiger partial charge in [0.15, 0.2) is 0 Å². The normalized spacial score (nSPS) is 18.4. The van der Waals surface area contributed by atoms with E-state index in [1.807, 2.05) is 16.9 Å². The molecule has 1 atom stereocenters. The molecular weight excluding hydrogens is 246 g/mol. The van der Waals surface area contributed by atoms with Crippen LogP contribution in [0.4, 0.5) is 0 Å². The molecular formula is C17H21N3. The van der Waals surface area contributed by atoms with Crippen molar-refractivity contribution in [2.24, 2.45) is 5.92 Å². The van der Waals surface area contributed by atoms with E-state index < -0.39 is 0 Å². The van der Waals surface area contributed by atoms with Crippen molar-refractivity contribution in [3.8, 4) is 0 Å². The van der Waals surface area contributed by atoms with Crippen LogP contribution in [0.25, 0.3) is 5.70 Å². The minimum atomic E-state index is 0.776. The van der Waals surface area contributed by atoms with Gasteiger partial charge in [-0.05, 0) is 17.9 Å². The molecule has 1 aromatic heterocycles. The van der Waals surface area contributed by atoms with Gasteiger partial charge in [-0.25, -0.2) is 0 Å². The molecule has 1 N–H and O–H groups in total. The Balaban J connectivity index is 1.70. The molecule has 1 aromatic carbocycles. The summed E-state index contributed by atoms with van der Waals surface area (Å²) in [5.74, 6) is 0.776. The summed E-state index contributed by atoms with van der Waals surface area (Å²) in [7, 11) is 0. The second-order valence-electron chi connectivity index (χ2n) is 5.42. The van der Waals surface area contributed by atoms with Crippen LogP contribution in [-0.4, -0.2) is 16.3 Å². The van der Waals surface area contributed by atoms with Crippen molar-refractivity contribution in [1.29, 1.82) is 0 Å². The third-order valence-electron chi connectivity index (χ3n) is 3.95. The Labute approximate surface area is 120 Å². The van der Waals surface area contributed by atoms with Crippen molar-refractivity contribution in [2.45, 2.75) is 26.3 Å². The average Bonchev–Trinajstić information content (AvgIpc) is 2.97. The minimum Gasteiger partial charge on any atom is -0.384 e. The summed E-state index contributed by atoms with van der Waals surface area (Å²) < 4.78 is 2.00. The molecule has 0 fully saturated rings. The highest BCUT2D eigenvalue weighted by Gasteiger charge is 2.14. The van der Waals surface area contributed by atoms with Gasteiger partial charge in [0, 0.05) is 24.0 Å². The van der Waals surface area contributed by atoms with Crippen LogP contribution in [0, 0.1) is 5.92 Å². The fourth-order valence-electron chi connectivity index (χ4n) is 2.58. The van der Waals surface area contributed by atoms with Crippen LogP contribution in [-0.2, 0) is 6.54 Å². The Bertz CT molecular complexity index is 583. The highest BCUT2D eigenvalue weighted by Crippen LogP contribution is 2.20. The Kier molecular flexibility index (Phi) is 3.86. The van der Waals surface area contributed by atoms with E-state index in [9.17, 15) is 0 Å². The molecule has 0 amide bonds. The first-order chi connectivity index (χ1) is 9.85. The fraction of sp³-hybridized carbons (Fsp3) is 0.353. The Hall–Kier alpha value is -2.03. The molecule has 20 heavy (non-hydrogen) atoms. The molecule has 1 aliphatic heterocycles. The lowest BCUT2D eigenvalue weighted by molar-refractivity contribution is 0.487. The van der Waals surface area contributed by atoms with E-state index in [0.29, 0.717) is 0 Å². The predicted octanol–water partition coefficient (Wildman–Crippen LogP) is 3.29. The summed E-state index contributed by atoms with van der Waals surface area (Å²) in [6.45, 7) is 4.15. The second kappa shape index (κ2) is 5.95. The van der Waals surface area contributed by atoms with Gasteiger partial charge in [-0.15, -0.1) is 0 Å². The van der Waals surface area contributed by atoms with Crippen LogP contribution < -0.4 is 5.32 Å². The molecule has 0 bridgehead atoms. The molecule has 3 nitrogen and oxygen atoms in total.